The number of hydrogen-bond donors (Lipinski definition) is 1. The number of nitrogens with two attached hydrogens (primary N) is 1. The molecule has 0 radical (unpaired) electrons. The Bertz CT molecular complexity index is 683. The molecule has 2 rings (SSSR count). The Kier molecular flexibility index (Phi) is 9.70. The lowest BCUT2D eigenvalue weighted by molar-refractivity contribution is -0.131. The van der Waals surface area contributed by atoms with Gasteiger partial charge in [0.15, 0.2) is 11.6 Å². The molecule has 0 unspecified atom stereocenters. The molecule has 0 aromatic heterocycles. The van der Waals surface area contributed by atoms with E-state index in [4.69, 9.17) is 10.5 Å². The van der Waals surface area contributed by atoms with E-state index in [-0.39, 0.29) is 24.1 Å². The molecule has 0 bridgehead atoms. The van der Waals surface area contributed by atoms with Crippen molar-refractivity contribution in [3.63, 3.8) is 0 Å². The summed E-state index contributed by atoms with van der Waals surface area (Å²) in [5, 5.41) is 0. The van der Waals surface area contributed by atoms with Gasteiger partial charge in [-0.25, -0.2) is 4.39 Å². The van der Waals surface area contributed by atoms with E-state index in [1.165, 1.54) is 18.7 Å². The number of ether oxygens (including phenoxy) is 1. The second-order valence-corrected chi connectivity index (χ2v) is 5.87. The van der Waals surface area contributed by atoms with Crippen molar-refractivity contribution in [2.45, 2.75) is 19.3 Å². The monoisotopic (exact) mass is 380 g/mol. The van der Waals surface area contributed by atoms with Crippen LogP contribution in [0.25, 0.3) is 0 Å². The molecule has 0 aliphatic rings. The van der Waals surface area contributed by atoms with Crippen LogP contribution in [0, 0.1) is 5.82 Å². The first-order valence-corrected chi connectivity index (χ1v) is 8.48. The normalized spacial score (nSPS) is 10.1. The van der Waals surface area contributed by atoms with Crippen molar-refractivity contribution in [2.24, 2.45) is 5.73 Å². The molecule has 0 spiro atoms. The van der Waals surface area contributed by atoms with Gasteiger partial charge in [-0.2, -0.15) is 0 Å². The van der Waals surface area contributed by atoms with Gasteiger partial charge >= 0.3 is 0 Å². The summed E-state index contributed by atoms with van der Waals surface area (Å²) in [4.78, 5) is 14.3. The Morgan fingerprint density at radius 1 is 1.08 bits per heavy atom. The third-order valence-electron chi connectivity index (χ3n) is 4.11. The van der Waals surface area contributed by atoms with E-state index in [0.29, 0.717) is 32.5 Å². The first-order valence-electron chi connectivity index (χ1n) is 8.48. The van der Waals surface area contributed by atoms with E-state index in [2.05, 4.69) is 0 Å². The van der Waals surface area contributed by atoms with Crippen LogP contribution in [-0.2, 0) is 17.6 Å². The molecular formula is C20H26ClFN2O2. The summed E-state index contributed by atoms with van der Waals surface area (Å²) in [7, 11) is 1.43. The van der Waals surface area contributed by atoms with Gasteiger partial charge in [-0.1, -0.05) is 36.4 Å². The molecule has 0 heterocycles. The van der Waals surface area contributed by atoms with E-state index in [0.717, 1.165) is 12.0 Å². The van der Waals surface area contributed by atoms with Crippen molar-refractivity contribution in [3.8, 4) is 5.75 Å². The lowest BCUT2D eigenvalue weighted by Crippen LogP contribution is -2.37. The highest BCUT2D eigenvalue weighted by atomic mass is 35.5. The minimum Gasteiger partial charge on any atom is -0.494 e. The number of nitrogens with zero attached hydrogens (tertiary/aromatic N) is 1. The number of aryl methyl sites for hydroxylation is 1. The van der Waals surface area contributed by atoms with Crippen molar-refractivity contribution in [2.75, 3.05) is 26.7 Å². The zero-order chi connectivity index (χ0) is 18.1. The molecule has 4 nitrogen and oxygen atoms in total. The fraction of sp³-hybridized carbons (Fsp3) is 0.350. The van der Waals surface area contributed by atoms with Gasteiger partial charge < -0.3 is 15.4 Å². The molecule has 2 N–H and O–H groups in total. The zero-order valence-corrected chi connectivity index (χ0v) is 15.8. The molecule has 6 heteroatoms. The van der Waals surface area contributed by atoms with Crippen LogP contribution in [-0.4, -0.2) is 37.6 Å². The average Bonchev–Trinajstić information content (AvgIpc) is 2.64. The molecular weight excluding hydrogens is 355 g/mol. The Morgan fingerprint density at radius 3 is 2.42 bits per heavy atom. The molecule has 0 atom stereocenters. The molecule has 0 fully saturated rings. The fourth-order valence-corrected chi connectivity index (χ4v) is 2.70. The number of benzene rings is 2. The van der Waals surface area contributed by atoms with Crippen molar-refractivity contribution in [1.82, 2.24) is 4.90 Å². The van der Waals surface area contributed by atoms with Crippen LogP contribution in [0.15, 0.2) is 48.5 Å². The highest BCUT2D eigenvalue weighted by molar-refractivity contribution is 5.85. The van der Waals surface area contributed by atoms with E-state index in [9.17, 15) is 9.18 Å². The highest BCUT2D eigenvalue weighted by Gasteiger charge is 2.13. The van der Waals surface area contributed by atoms with Crippen LogP contribution in [0.4, 0.5) is 4.39 Å². The summed E-state index contributed by atoms with van der Waals surface area (Å²) in [5.74, 6) is -0.157. The SMILES string of the molecule is COc1ccc(CCC(=O)N(CCN)CCc2ccccc2)cc1F.Cl. The zero-order valence-electron chi connectivity index (χ0n) is 15.0. The van der Waals surface area contributed by atoms with Gasteiger partial charge in [-0.05, 0) is 36.1 Å². The van der Waals surface area contributed by atoms with Crippen molar-refractivity contribution in [3.05, 3.63) is 65.5 Å². The van der Waals surface area contributed by atoms with Crippen molar-refractivity contribution >= 4 is 18.3 Å². The summed E-state index contributed by atoms with van der Waals surface area (Å²) in [5.41, 5.74) is 7.61. The van der Waals surface area contributed by atoms with Crippen LogP contribution >= 0.6 is 12.4 Å². The molecule has 2 aromatic carbocycles. The first-order chi connectivity index (χ1) is 12.1. The van der Waals surface area contributed by atoms with Crippen molar-refractivity contribution in [1.29, 1.82) is 0 Å². The third kappa shape index (κ3) is 6.65. The van der Waals surface area contributed by atoms with Gasteiger partial charge in [0, 0.05) is 26.1 Å². The van der Waals surface area contributed by atoms with Crippen molar-refractivity contribution < 1.29 is 13.9 Å². The first kappa shape index (κ1) is 21.9. The van der Waals surface area contributed by atoms with Crippen LogP contribution in [0.2, 0.25) is 0 Å². The van der Waals surface area contributed by atoms with Crippen LogP contribution < -0.4 is 10.5 Å². The molecule has 0 saturated carbocycles. The van der Waals surface area contributed by atoms with Gasteiger partial charge in [0.2, 0.25) is 5.91 Å². The predicted molar refractivity (Wildman–Crippen MR) is 104 cm³/mol. The standard InChI is InChI=1S/C20H25FN2O2.ClH/c1-25-19-9-7-17(15-18(19)21)8-10-20(24)23(14-12-22)13-11-16-5-3-2-4-6-16;/h2-7,9,15H,8,10-14,22H2,1H3;1H. The average molecular weight is 381 g/mol. The Labute approximate surface area is 160 Å². The summed E-state index contributed by atoms with van der Waals surface area (Å²) >= 11 is 0. The van der Waals surface area contributed by atoms with Crippen LogP contribution in [0.3, 0.4) is 0 Å². The molecule has 0 aliphatic carbocycles. The molecule has 2 aromatic rings. The second kappa shape index (κ2) is 11.5. The Hall–Kier alpha value is -2.11. The maximum Gasteiger partial charge on any atom is 0.222 e. The molecule has 1 amide bonds. The lowest BCUT2D eigenvalue weighted by Gasteiger charge is -2.22. The number of amides is 1. The van der Waals surface area contributed by atoms with E-state index in [1.807, 2.05) is 30.3 Å². The predicted octanol–water partition coefficient (Wildman–Crippen LogP) is 3.22. The summed E-state index contributed by atoms with van der Waals surface area (Å²) in [6.45, 7) is 1.59. The molecule has 26 heavy (non-hydrogen) atoms. The topological polar surface area (TPSA) is 55.6 Å². The van der Waals surface area contributed by atoms with Gasteiger partial charge in [0.1, 0.15) is 0 Å². The Balaban J connectivity index is 0.00000338. The molecule has 142 valence electrons. The van der Waals surface area contributed by atoms with Crippen LogP contribution in [0.5, 0.6) is 5.75 Å². The number of rotatable bonds is 9. The minimum atomic E-state index is -0.407. The van der Waals surface area contributed by atoms with E-state index >= 15 is 0 Å². The largest absolute Gasteiger partial charge is 0.494 e. The summed E-state index contributed by atoms with van der Waals surface area (Å²) in [6, 6.07) is 14.8. The van der Waals surface area contributed by atoms with Gasteiger partial charge in [0.25, 0.3) is 0 Å². The summed E-state index contributed by atoms with van der Waals surface area (Å²) < 4.78 is 18.6. The number of methoxy groups -OCH3 is 1. The maximum atomic E-state index is 13.7. The maximum absolute atomic E-state index is 13.7. The minimum absolute atomic E-state index is 0. The fourth-order valence-electron chi connectivity index (χ4n) is 2.70. The van der Waals surface area contributed by atoms with Gasteiger partial charge in [-0.15, -0.1) is 12.4 Å². The Morgan fingerprint density at radius 2 is 1.81 bits per heavy atom. The highest BCUT2D eigenvalue weighted by Crippen LogP contribution is 2.18. The molecule has 0 aliphatic heterocycles. The summed E-state index contributed by atoms with van der Waals surface area (Å²) in [6.07, 6.45) is 1.62. The van der Waals surface area contributed by atoms with Gasteiger partial charge in [-0.3, -0.25) is 4.79 Å². The molecule has 0 saturated heterocycles. The second-order valence-electron chi connectivity index (χ2n) is 5.87. The van der Waals surface area contributed by atoms with Crippen LogP contribution in [0.1, 0.15) is 17.5 Å². The number of carbonyl (C=O) groups excluding carboxylic acids is 1. The lowest BCUT2D eigenvalue weighted by atomic mass is 10.1. The number of hydrogen-bond acceptors (Lipinski definition) is 3. The number of carbonyl (C=O) groups is 1. The third-order valence-corrected chi connectivity index (χ3v) is 4.11. The quantitative estimate of drug-likeness (QED) is 0.726. The van der Waals surface area contributed by atoms with Gasteiger partial charge in [0.05, 0.1) is 7.11 Å². The van der Waals surface area contributed by atoms with E-state index in [1.54, 1.807) is 17.0 Å². The van der Waals surface area contributed by atoms with E-state index < -0.39 is 5.82 Å². The smallest absolute Gasteiger partial charge is 0.222 e. The number of halogens is 2.